The average Bonchev–Trinajstić information content (AvgIpc) is 2.61. The largest absolute Gasteiger partial charge is 0.298 e. The van der Waals surface area contributed by atoms with E-state index in [1.807, 2.05) is 24.3 Å². The maximum atomic E-state index is 10.6. The zero-order valence-electron chi connectivity index (χ0n) is 7.91. The number of benzene rings is 1. The highest BCUT2D eigenvalue weighted by Gasteiger charge is 2.13. The molecule has 1 aliphatic carbocycles. The molecule has 72 valence electrons. The molecule has 0 fully saturated rings. The van der Waals surface area contributed by atoms with Crippen molar-refractivity contribution in [3.8, 4) is 0 Å². The number of carbonyl (C=O) groups excluding carboxylic acids is 1. The molecule has 1 N–H and O–H groups in total. The molecule has 2 rings (SSSR count). The predicted molar refractivity (Wildman–Crippen MR) is 53.7 cm³/mol. The fourth-order valence-corrected chi connectivity index (χ4v) is 1.65. The number of hydrogen-bond acceptors (Lipinski definition) is 3. The first-order valence-electron chi connectivity index (χ1n) is 4.43. The molecule has 0 bridgehead atoms. The second-order valence-electron chi connectivity index (χ2n) is 3.16. The van der Waals surface area contributed by atoms with E-state index in [4.69, 9.17) is 4.84 Å². The molecule has 1 aromatic rings. The van der Waals surface area contributed by atoms with Crippen LogP contribution in [0.25, 0.3) is 5.70 Å². The highest BCUT2D eigenvalue weighted by atomic mass is 16.6. The maximum Gasteiger partial charge on any atom is 0.150 e. The Labute approximate surface area is 82.3 Å². The summed E-state index contributed by atoms with van der Waals surface area (Å²) in [6.07, 6.45) is 3.76. The molecule has 0 saturated heterocycles. The Morgan fingerprint density at radius 2 is 2.36 bits per heavy atom. The summed E-state index contributed by atoms with van der Waals surface area (Å²) in [4.78, 5) is 15.4. The smallest absolute Gasteiger partial charge is 0.150 e. The first-order valence-corrected chi connectivity index (χ1v) is 4.43. The Bertz CT molecular complexity index is 396. The molecule has 0 aromatic heterocycles. The number of fused-ring (bicyclic) bond motifs is 1. The number of hydroxylamine groups is 1. The Kier molecular flexibility index (Phi) is 2.33. The van der Waals surface area contributed by atoms with Crippen LogP contribution in [0, 0.1) is 0 Å². The summed E-state index contributed by atoms with van der Waals surface area (Å²) in [6.45, 7) is 0. The Morgan fingerprint density at radius 1 is 1.50 bits per heavy atom. The van der Waals surface area contributed by atoms with Gasteiger partial charge in [0.15, 0.2) is 0 Å². The van der Waals surface area contributed by atoms with Gasteiger partial charge >= 0.3 is 0 Å². The van der Waals surface area contributed by atoms with Gasteiger partial charge in [-0.25, -0.2) is 0 Å². The minimum Gasteiger partial charge on any atom is -0.298 e. The van der Waals surface area contributed by atoms with Gasteiger partial charge in [-0.1, -0.05) is 18.2 Å². The van der Waals surface area contributed by atoms with E-state index < -0.39 is 0 Å². The fraction of sp³-hybridized carbons (Fsp3) is 0.182. The van der Waals surface area contributed by atoms with Crippen LogP contribution in [0.1, 0.15) is 21.5 Å². The van der Waals surface area contributed by atoms with Gasteiger partial charge in [-0.2, -0.15) is 0 Å². The average molecular weight is 189 g/mol. The van der Waals surface area contributed by atoms with Crippen molar-refractivity contribution in [1.82, 2.24) is 5.48 Å². The lowest BCUT2D eigenvalue weighted by atomic mass is 10.1. The van der Waals surface area contributed by atoms with Crippen molar-refractivity contribution in [2.75, 3.05) is 7.11 Å². The highest BCUT2D eigenvalue weighted by molar-refractivity contribution is 5.79. The summed E-state index contributed by atoms with van der Waals surface area (Å²) in [6, 6.07) is 5.65. The summed E-state index contributed by atoms with van der Waals surface area (Å²) in [5.74, 6) is 0. The molecular formula is C11H11NO2. The molecule has 0 amide bonds. The van der Waals surface area contributed by atoms with Crippen molar-refractivity contribution in [2.24, 2.45) is 0 Å². The second-order valence-corrected chi connectivity index (χ2v) is 3.16. The summed E-state index contributed by atoms with van der Waals surface area (Å²) < 4.78 is 0. The highest BCUT2D eigenvalue weighted by Crippen LogP contribution is 2.25. The predicted octanol–water partition coefficient (Wildman–Crippen LogP) is 1.55. The number of nitrogens with one attached hydrogen (secondary N) is 1. The first-order chi connectivity index (χ1) is 6.85. The molecule has 3 nitrogen and oxygen atoms in total. The van der Waals surface area contributed by atoms with Gasteiger partial charge in [0.1, 0.15) is 6.29 Å². The topological polar surface area (TPSA) is 38.3 Å². The third-order valence-electron chi connectivity index (χ3n) is 2.29. The normalized spacial score (nSPS) is 13.4. The first kappa shape index (κ1) is 8.97. The van der Waals surface area contributed by atoms with Crippen LogP contribution in [0.15, 0.2) is 24.3 Å². The van der Waals surface area contributed by atoms with Crippen LogP contribution >= 0.6 is 0 Å². The van der Waals surface area contributed by atoms with Gasteiger partial charge in [-0.3, -0.25) is 15.1 Å². The van der Waals surface area contributed by atoms with Crippen molar-refractivity contribution < 1.29 is 9.63 Å². The number of carbonyl (C=O) groups is 1. The van der Waals surface area contributed by atoms with Crippen LogP contribution in [-0.2, 0) is 11.3 Å². The van der Waals surface area contributed by atoms with Gasteiger partial charge in [0.2, 0.25) is 0 Å². The van der Waals surface area contributed by atoms with Crippen LogP contribution in [-0.4, -0.2) is 13.4 Å². The molecule has 0 aliphatic heterocycles. The van der Waals surface area contributed by atoms with E-state index in [2.05, 4.69) is 5.48 Å². The van der Waals surface area contributed by atoms with Crippen molar-refractivity contribution in [3.63, 3.8) is 0 Å². The van der Waals surface area contributed by atoms with Crippen LogP contribution < -0.4 is 5.48 Å². The number of allylic oxidation sites excluding steroid dienone is 1. The Balaban J connectivity index is 2.34. The Morgan fingerprint density at radius 3 is 3.07 bits per heavy atom. The molecule has 0 unspecified atom stereocenters. The standard InChI is InChI=1S/C11H11NO2/c1-14-12-11-5-3-9-6-8(7-13)2-4-10(9)11/h2,4-7,12H,3H2,1H3. The van der Waals surface area contributed by atoms with Crippen molar-refractivity contribution in [3.05, 3.63) is 41.0 Å². The number of aldehydes is 1. The lowest BCUT2D eigenvalue weighted by molar-refractivity contribution is 0.112. The van der Waals surface area contributed by atoms with E-state index >= 15 is 0 Å². The zero-order valence-corrected chi connectivity index (χ0v) is 7.91. The molecule has 0 heterocycles. The quantitative estimate of drug-likeness (QED) is 0.579. The third kappa shape index (κ3) is 1.42. The lowest BCUT2D eigenvalue weighted by Crippen LogP contribution is -2.08. The molecule has 3 heteroatoms. The fourth-order valence-electron chi connectivity index (χ4n) is 1.65. The van der Waals surface area contributed by atoms with Gasteiger partial charge in [0.05, 0.1) is 12.8 Å². The minimum absolute atomic E-state index is 0.718. The number of rotatable bonds is 3. The molecule has 0 atom stereocenters. The van der Waals surface area contributed by atoms with Gasteiger partial charge in [-0.15, -0.1) is 0 Å². The van der Waals surface area contributed by atoms with Gasteiger partial charge in [0.25, 0.3) is 0 Å². The summed E-state index contributed by atoms with van der Waals surface area (Å²) >= 11 is 0. The summed E-state index contributed by atoms with van der Waals surface area (Å²) in [5, 5.41) is 0. The van der Waals surface area contributed by atoms with E-state index in [1.165, 1.54) is 0 Å². The van der Waals surface area contributed by atoms with E-state index in [9.17, 15) is 4.79 Å². The molecule has 1 aliphatic rings. The van der Waals surface area contributed by atoms with Crippen LogP contribution in [0.5, 0.6) is 0 Å². The number of hydrogen-bond donors (Lipinski definition) is 1. The van der Waals surface area contributed by atoms with E-state index in [1.54, 1.807) is 7.11 Å². The van der Waals surface area contributed by atoms with E-state index in [-0.39, 0.29) is 0 Å². The molecule has 0 radical (unpaired) electrons. The van der Waals surface area contributed by atoms with Crippen molar-refractivity contribution in [1.29, 1.82) is 0 Å². The molecule has 0 spiro atoms. The van der Waals surface area contributed by atoms with Crippen LogP contribution in [0.2, 0.25) is 0 Å². The van der Waals surface area contributed by atoms with Crippen LogP contribution in [0.3, 0.4) is 0 Å². The second kappa shape index (κ2) is 3.64. The monoisotopic (exact) mass is 189 g/mol. The minimum atomic E-state index is 0.718. The van der Waals surface area contributed by atoms with E-state index in [0.29, 0.717) is 0 Å². The van der Waals surface area contributed by atoms with Crippen molar-refractivity contribution >= 4 is 12.0 Å². The zero-order chi connectivity index (χ0) is 9.97. The van der Waals surface area contributed by atoms with E-state index in [0.717, 1.165) is 35.1 Å². The van der Waals surface area contributed by atoms with Gasteiger partial charge in [0, 0.05) is 11.1 Å². The van der Waals surface area contributed by atoms with Gasteiger partial charge < -0.3 is 0 Å². The maximum absolute atomic E-state index is 10.6. The van der Waals surface area contributed by atoms with Crippen molar-refractivity contribution in [2.45, 2.75) is 6.42 Å². The molecular weight excluding hydrogens is 178 g/mol. The molecule has 0 saturated carbocycles. The molecule has 1 aromatic carbocycles. The Hall–Kier alpha value is -1.61. The third-order valence-corrected chi connectivity index (χ3v) is 2.29. The van der Waals surface area contributed by atoms with Crippen LogP contribution in [0.4, 0.5) is 0 Å². The SMILES string of the molecule is CONC1=CCc2cc(C=O)ccc21. The lowest BCUT2D eigenvalue weighted by Gasteiger charge is -2.06. The summed E-state index contributed by atoms with van der Waals surface area (Å²) in [7, 11) is 1.58. The summed E-state index contributed by atoms with van der Waals surface area (Å²) in [5.41, 5.74) is 6.77. The molecule has 14 heavy (non-hydrogen) atoms. The van der Waals surface area contributed by atoms with Gasteiger partial charge in [-0.05, 0) is 18.1 Å².